The van der Waals surface area contributed by atoms with E-state index in [2.05, 4.69) is 9.71 Å². The summed E-state index contributed by atoms with van der Waals surface area (Å²) in [6.07, 6.45) is 2.78. The molecule has 1 aromatic heterocycles. The lowest BCUT2D eigenvalue weighted by molar-refractivity contribution is 0.530. The summed E-state index contributed by atoms with van der Waals surface area (Å²) in [5, 5.41) is 0.279. The van der Waals surface area contributed by atoms with Gasteiger partial charge >= 0.3 is 0 Å². The fraction of sp³-hybridized carbons (Fsp3) is 0.500. The lowest BCUT2D eigenvalue weighted by Crippen LogP contribution is -2.33. The van der Waals surface area contributed by atoms with Crippen molar-refractivity contribution in [3.8, 4) is 0 Å². The average molecular weight is 263 g/mol. The van der Waals surface area contributed by atoms with E-state index < -0.39 is 10.0 Å². The van der Waals surface area contributed by atoms with Crippen LogP contribution in [0.5, 0.6) is 0 Å². The van der Waals surface area contributed by atoms with Crippen LogP contribution in [0.15, 0.2) is 23.2 Å². The second-order valence-corrected chi connectivity index (χ2v) is 5.55. The minimum absolute atomic E-state index is 0.0410. The van der Waals surface area contributed by atoms with Gasteiger partial charge in [0.25, 0.3) is 0 Å². The summed E-state index contributed by atoms with van der Waals surface area (Å²) in [5.41, 5.74) is 0. The molecule has 0 unspecified atom stereocenters. The van der Waals surface area contributed by atoms with E-state index in [0.717, 1.165) is 12.8 Å². The molecule has 4 nitrogen and oxygen atoms in total. The predicted molar refractivity (Wildman–Crippen MR) is 63.9 cm³/mol. The van der Waals surface area contributed by atoms with E-state index in [1.165, 1.54) is 18.3 Å². The fourth-order valence-electron chi connectivity index (χ4n) is 1.26. The molecule has 0 aliphatic carbocycles. The van der Waals surface area contributed by atoms with Gasteiger partial charge in [-0.15, -0.1) is 0 Å². The standard InChI is InChI=1S/C10H15ClN2O2S/c1-3-8(4-2)13-16(14,15)9-5-6-10(11)12-7-9/h5-8,13H,3-4H2,1-2H3. The van der Waals surface area contributed by atoms with Crippen LogP contribution >= 0.6 is 11.6 Å². The molecule has 1 rings (SSSR count). The molecule has 0 saturated carbocycles. The Morgan fingerprint density at radius 1 is 1.38 bits per heavy atom. The van der Waals surface area contributed by atoms with Crippen molar-refractivity contribution in [1.29, 1.82) is 0 Å². The molecule has 0 bridgehead atoms. The molecule has 6 heteroatoms. The van der Waals surface area contributed by atoms with Crippen LogP contribution in [0.3, 0.4) is 0 Å². The Kier molecular flexibility index (Phi) is 4.70. The van der Waals surface area contributed by atoms with Gasteiger partial charge in [0.05, 0.1) is 0 Å². The molecule has 0 aliphatic rings. The molecule has 0 spiro atoms. The van der Waals surface area contributed by atoms with E-state index >= 15 is 0 Å². The Hall–Kier alpha value is -0.650. The van der Waals surface area contributed by atoms with Crippen LogP contribution in [0.4, 0.5) is 0 Å². The highest BCUT2D eigenvalue weighted by molar-refractivity contribution is 7.89. The molecule has 1 heterocycles. The van der Waals surface area contributed by atoms with Gasteiger partial charge in [-0.2, -0.15) is 0 Å². The van der Waals surface area contributed by atoms with E-state index in [1.54, 1.807) is 0 Å². The Bertz CT molecular complexity index is 427. The smallest absolute Gasteiger partial charge is 0.242 e. The van der Waals surface area contributed by atoms with Crippen molar-refractivity contribution in [2.75, 3.05) is 0 Å². The zero-order valence-corrected chi connectivity index (χ0v) is 10.8. The first-order valence-corrected chi connectivity index (χ1v) is 6.99. The van der Waals surface area contributed by atoms with Crippen LogP contribution in [0.25, 0.3) is 0 Å². The predicted octanol–water partition coefficient (Wildman–Crippen LogP) is 2.20. The number of hydrogen-bond donors (Lipinski definition) is 1. The van der Waals surface area contributed by atoms with Crippen molar-refractivity contribution < 1.29 is 8.42 Å². The van der Waals surface area contributed by atoms with E-state index in [9.17, 15) is 8.42 Å². The number of nitrogens with zero attached hydrogens (tertiary/aromatic N) is 1. The molecule has 0 amide bonds. The quantitative estimate of drug-likeness (QED) is 0.828. The van der Waals surface area contributed by atoms with Gasteiger partial charge in [0.15, 0.2) is 0 Å². The zero-order chi connectivity index (χ0) is 12.2. The molecule has 0 atom stereocenters. The number of aromatic nitrogens is 1. The zero-order valence-electron chi connectivity index (χ0n) is 9.27. The molecule has 1 N–H and O–H groups in total. The number of sulfonamides is 1. The van der Waals surface area contributed by atoms with Gasteiger partial charge in [-0.25, -0.2) is 18.1 Å². The molecule has 0 saturated heterocycles. The number of halogens is 1. The summed E-state index contributed by atoms with van der Waals surface area (Å²) in [6, 6.07) is 2.86. The second-order valence-electron chi connectivity index (χ2n) is 3.45. The van der Waals surface area contributed by atoms with Gasteiger partial charge < -0.3 is 0 Å². The maximum atomic E-state index is 11.9. The molecule has 0 aliphatic heterocycles. The molecule has 0 aromatic carbocycles. The highest BCUT2D eigenvalue weighted by Crippen LogP contribution is 2.12. The van der Waals surface area contributed by atoms with Crippen LogP contribution in [0, 0.1) is 0 Å². The van der Waals surface area contributed by atoms with Gasteiger partial charge in [-0.3, -0.25) is 0 Å². The summed E-state index contributed by atoms with van der Waals surface area (Å²) in [6.45, 7) is 3.88. The highest BCUT2D eigenvalue weighted by Gasteiger charge is 2.17. The first kappa shape index (κ1) is 13.4. The number of rotatable bonds is 5. The molecule has 16 heavy (non-hydrogen) atoms. The summed E-state index contributed by atoms with van der Waals surface area (Å²) in [4.78, 5) is 3.89. The second kappa shape index (κ2) is 5.61. The minimum atomic E-state index is -3.47. The van der Waals surface area contributed by atoms with Gasteiger partial charge in [0.2, 0.25) is 10.0 Å². The van der Waals surface area contributed by atoms with Gasteiger partial charge in [-0.1, -0.05) is 25.4 Å². The molecular formula is C10H15ClN2O2S. The van der Waals surface area contributed by atoms with E-state index in [1.807, 2.05) is 13.8 Å². The van der Waals surface area contributed by atoms with Crippen molar-refractivity contribution in [2.45, 2.75) is 37.6 Å². The summed E-state index contributed by atoms with van der Waals surface area (Å²) in [5.74, 6) is 0. The first-order valence-electron chi connectivity index (χ1n) is 5.13. The monoisotopic (exact) mass is 262 g/mol. The van der Waals surface area contributed by atoms with E-state index in [-0.39, 0.29) is 16.1 Å². The maximum Gasteiger partial charge on any atom is 0.242 e. The molecular weight excluding hydrogens is 248 g/mol. The van der Waals surface area contributed by atoms with Gasteiger partial charge in [-0.05, 0) is 25.0 Å². The Labute approximate surface area is 101 Å². The highest BCUT2D eigenvalue weighted by atomic mass is 35.5. The fourth-order valence-corrected chi connectivity index (χ4v) is 2.72. The average Bonchev–Trinajstić information content (AvgIpc) is 2.26. The lowest BCUT2D eigenvalue weighted by Gasteiger charge is -2.14. The molecule has 90 valence electrons. The van der Waals surface area contributed by atoms with Gasteiger partial charge in [0, 0.05) is 12.2 Å². The third-order valence-electron chi connectivity index (χ3n) is 2.32. The largest absolute Gasteiger partial charge is 0.243 e. The Morgan fingerprint density at radius 2 is 2.00 bits per heavy atom. The van der Waals surface area contributed by atoms with E-state index in [0.29, 0.717) is 0 Å². The molecule has 1 aromatic rings. The van der Waals surface area contributed by atoms with Crippen LogP contribution in [0.1, 0.15) is 26.7 Å². The van der Waals surface area contributed by atoms with Crippen molar-refractivity contribution in [1.82, 2.24) is 9.71 Å². The number of nitrogens with one attached hydrogen (secondary N) is 1. The Morgan fingerprint density at radius 3 is 2.44 bits per heavy atom. The summed E-state index contributed by atoms with van der Waals surface area (Å²) < 4.78 is 26.4. The maximum absolute atomic E-state index is 11.9. The van der Waals surface area contributed by atoms with Crippen LogP contribution < -0.4 is 4.72 Å². The summed E-state index contributed by atoms with van der Waals surface area (Å²) in [7, 11) is -3.47. The van der Waals surface area contributed by atoms with Crippen molar-refractivity contribution >= 4 is 21.6 Å². The lowest BCUT2D eigenvalue weighted by atomic mass is 10.2. The van der Waals surface area contributed by atoms with Crippen molar-refractivity contribution in [2.24, 2.45) is 0 Å². The van der Waals surface area contributed by atoms with Crippen molar-refractivity contribution in [3.63, 3.8) is 0 Å². The molecule has 0 fully saturated rings. The van der Waals surface area contributed by atoms with E-state index in [4.69, 9.17) is 11.6 Å². The minimum Gasteiger partial charge on any atom is -0.243 e. The third kappa shape index (κ3) is 3.43. The van der Waals surface area contributed by atoms with Crippen molar-refractivity contribution in [3.05, 3.63) is 23.5 Å². The third-order valence-corrected chi connectivity index (χ3v) is 4.05. The first-order chi connectivity index (χ1) is 7.49. The number of hydrogen-bond acceptors (Lipinski definition) is 3. The normalized spacial score (nSPS) is 12.0. The van der Waals surface area contributed by atoms with Crippen LogP contribution in [-0.2, 0) is 10.0 Å². The molecule has 0 radical (unpaired) electrons. The van der Waals surface area contributed by atoms with Gasteiger partial charge in [0.1, 0.15) is 10.0 Å². The topological polar surface area (TPSA) is 59.1 Å². The number of pyridine rings is 1. The summed E-state index contributed by atoms with van der Waals surface area (Å²) >= 11 is 5.60. The van der Waals surface area contributed by atoms with Crippen LogP contribution in [-0.4, -0.2) is 19.4 Å². The van der Waals surface area contributed by atoms with Crippen LogP contribution in [0.2, 0.25) is 5.15 Å². The SMILES string of the molecule is CCC(CC)NS(=O)(=O)c1ccc(Cl)nc1. The Balaban J connectivity index is 2.89.